The maximum atomic E-state index is 13.0. The fourth-order valence-corrected chi connectivity index (χ4v) is 2.73. The second-order valence-corrected chi connectivity index (χ2v) is 5.91. The zero-order valence-corrected chi connectivity index (χ0v) is 13.7. The summed E-state index contributed by atoms with van der Waals surface area (Å²) in [5.41, 5.74) is 2.26. The van der Waals surface area contributed by atoms with Crippen molar-refractivity contribution in [3.05, 3.63) is 64.9 Å². The molecule has 1 aromatic heterocycles. The lowest BCUT2D eigenvalue weighted by atomic mass is 10.0. The van der Waals surface area contributed by atoms with Crippen LogP contribution in [0.25, 0.3) is 11.0 Å². The van der Waals surface area contributed by atoms with E-state index in [2.05, 4.69) is 5.32 Å². The average molecular weight is 347 g/mol. The molecule has 1 heterocycles. The van der Waals surface area contributed by atoms with Gasteiger partial charge in [0.05, 0.1) is 23.9 Å². The number of furan rings is 1. The Kier molecular flexibility index (Phi) is 4.29. The molecule has 0 aliphatic rings. The summed E-state index contributed by atoms with van der Waals surface area (Å²) in [6.07, 6.45) is -3.12. The maximum absolute atomic E-state index is 13.0. The largest absolute Gasteiger partial charge is 0.464 e. The van der Waals surface area contributed by atoms with Crippen LogP contribution in [0.4, 0.5) is 18.9 Å². The van der Waals surface area contributed by atoms with E-state index in [1.54, 1.807) is 0 Å². The number of hydrogen-bond donors (Lipinski definition) is 1. The van der Waals surface area contributed by atoms with Gasteiger partial charge in [0.25, 0.3) is 0 Å². The highest BCUT2D eigenvalue weighted by molar-refractivity contribution is 5.96. The minimum Gasteiger partial charge on any atom is -0.464 e. The van der Waals surface area contributed by atoms with Gasteiger partial charge in [0.1, 0.15) is 5.58 Å². The van der Waals surface area contributed by atoms with Crippen molar-refractivity contribution < 1.29 is 22.4 Å². The van der Waals surface area contributed by atoms with Crippen molar-refractivity contribution in [3.63, 3.8) is 0 Å². The number of anilines is 1. The third-order valence-electron chi connectivity index (χ3n) is 4.20. The zero-order chi connectivity index (χ0) is 18.2. The number of benzene rings is 2. The summed E-state index contributed by atoms with van der Waals surface area (Å²) in [6.45, 7) is 3.88. The zero-order valence-electron chi connectivity index (χ0n) is 13.7. The predicted molar refractivity (Wildman–Crippen MR) is 89.5 cm³/mol. The molecule has 0 fully saturated rings. The van der Waals surface area contributed by atoms with Crippen LogP contribution in [-0.4, -0.2) is 5.91 Å². The Morgan fingerprint density at radius 1 is 1.12 bits per heavy atom. The van der Waals surface area contributed by atoms with E-state index in [0.717, 1.165) is 22.6 Å². The van der Waals surface area contributed by atoms with Crippen LogP contribution < -0.4 is 5.32 Å². The van der Waals surface area contributed by atoms with Gasteiger partial charge in [0, 0.05) is 10.9 Å². The van der Waals surface area contributed by atoms with Gasteiger partial charge in [-0.25, -0.2) is 0 Å². The fraction of sp³-hybridized carbons (Fsp3) is 0.211. The molecule has 0 atom stereocenters. The highest BCUT2D eigenvalue weighted by Gasteiger charge is 2.33. The summed E-state index contributed by atoms with van der Waals surface area (Å²) in [4.78, 5) is 12.2. The second kappa shape index (κ2) is 6.27. The van der Waals surface area contributed by atoms with Crippen LogP contribution in [0.3, 0.4) is 0 Å². The van der Waals surface area contributed by atoms with E-state index in [1.165, 1.54) is 24.5 Å². The molecule has 3 rings (SSSR count). The Bertz CT molecular complexity index is 941. The van der Waals surface area contributed by atoms with Crippen LogP contribution in [0.1, 0.15) is 22.3 Å². The van der Waals surface area contributed by atoms with Crippen LogP contribution in [-0.2, 0) is 17.4 Å². The van der Waals surface area contributed by atoms with Crippen LogP contribution in [0.15, 0.2) is 47.1 Å². The summed E-state index contributed by atoms with van der Waals surface area (Å²) < 4.78 is 44.5. The van der Waals surface area contributed by atoms with Crippen molar-refractivity contribution in [2.24, 2.45) is 0 Å². The molecule has 0 aliphatic carbocycles. The molecule has 0 unspecified atom stereocenters. The van der Waals surface area contributed by atoms with Gasteiger partial charge in [0.15, 0.2) is 0 Å². The van der Waals surface area contributed by atoms with Gasteiger partial charge >= 0.3 is 6.18 Å². The van der Waals surface area contributed by atoms with Crippen LogP contribution in [0.2, 0.25) is 0 Å². The van der Waals surface area contributed by atoms with Crippen LogP contribution >= 0.6 is 0 Å². The molecule has 0 radical (unpaired) electrons. The van der Waals surface area contributed by atoms with Crippen molar-refractivity contribution in [2.45, 2.75) is 26.4 Å². The first-order chi connectivity index (χ1) is 11.8. The minimum absolute atomic E-state index is 0.0678. The molecule has 2 aromatic carbocycles. The van der Waals surface area contributed by atoms with Gasteiger partial charge in [-0.3, -0.25) is 4.79 Å². The van der Waals surface area contributed by atoms with Crippen molar-refractivity contribution in [3.8, 4) is 0 Å². The number of halogens is 3. The molecule has 1 N–H and O–H groups in total. The Labute approximate surface area is 142 Å². The van der Waals surface area contributed by atoms with Gasteiger partial charge in [-0.15, -0.1) is 0 Å². The monoisotopic (exact) mass is 347 g/mol. The van der Waals surface area contributed by atoms with Crippen LogP contribution in [0, 0.1) is 13.8 Å². The molecule has 6 heteroatoms. The molecular weight excluding hydrogens is 331 g/mol. The lowest BCUT2D eigenvalue weighted by Gasteiger charge is -2.13. The molecule has 0 saturated heterocycles. The minimum atomic E-state index is -4.53. The second-order valence-electron chi connectivity index (χ2n) is 5.91. The number of nitrogens with one attached hydrogen (secondary N) is 1. The van der Waals surface area contributed by atoms with E-state index < -0.39 is 17.6 Å². The van der Waals surface area contributed by atoms with E-state index in [9.17, 15) is 18.0 Å². The highest BCUT2D eigenvalue weighted by atomic mass is 19.4. The first kappa shape index (κ1) is 17.1. The number of aryl methyl sites for hydroxylation is 2. The number of carbonyl (C=O) groups is 1. The SMILES string of the molecule is Cc1ccc2c(CC(=O)Nc3ccccc3C(F)(F)F)coc2c1C. The van der Waals surface area contributed by atoms with Crippen molar-refractivity contribution in [1.82, 2.24) is 0 Å². The first-order valence-electron chi connectivity index (χ1n) is 7.69. The number of rotatable bonds is 3. The fourth-order valence-electron chi connectivity index (χ4n) is 2.73. The van der Waals surface area contributed by atoms with Crippen molar-refractivity contribution >= 4 is 22.6 Å². The van der Waals surface area contributed by atoms with Crippen molar-refractivity contribution in [1.29, 1.82) is 0 Å². The lowest BCUT2D eigenvalue weighted by Crippen LogP contribution is -2.18. The van der Waals surface area contributed by atoms with Gasteiger partial charge < -0.3 is 9.73 Å². The average Bonchev–Trinajstić information content (AvgIpc) is 2.94. The Hall–Kier alpha value is -2.76. The molecule has 0 bridgehead atoms. The summed E-state index contributed by atoms with van der Waals surface area (Å²) >= 11 is 0. The molecule has 130 valence electrons. The number of fused-ring (bicyclic) bond motifs is 1. The van der Waals surface area contributed by atoms with E-state index in [1.807, 2.05) is 26.0 Å². The third kappa shape index (κ3) is 3.38. The summed E-state index contributed by atoms with van der Waals surface area (Å²) in [5, 5.41) is 3.14. The Morgan fingerprint density at radius 2 is 1.84 bits per heavy atom. The maximum Gasteiger partial charge on any atom is 0.418 e. The predicted octanol–water partition coefficient (Wildman–Crippen LogP) is 5.25. The molecule has 1 amide bonds. The van der Waals surface area contributed by atoms with Gasteiger partial charge in [0.2, 0.25) is 5.91 Å². The van der Waals surface area contributed by atoms with Crippen LogP contribution in [0.5, 0.6) is 0 Å². The van der Waals surface area contributed by atoms with Gasteiger partial charge in [-0.2, -0.15) is 13.2 Å². The number of alkyl halides is 3. The Morgan fingerprint density at radius 3 is 2.56 bits per heavy atom. The normalized spacial score (nSPS) is 11.7. The topological polar surface area (TPSA) is 42.2 Å². The molecule has 0 aliphatic heterocycles. The molecular formula is C19H16F3NO2. The molecule has 3 aromatic rings. The van der Waals surface area contributed by atoms with E-state index >= 15 is 0 Å². The summed E-state index contributed by atoms with van der Waals surface area (Å²) in [6, 6.07) is 8.69. The number of hydrogen-bond acceptors (Lipinski definition) is 2. The first-order valence-corrected chi connectivity index (χ1v) is 7.69. The van der Waals surface area contributed by atoms with E-state index in [4.69, 9.17) is 4.42 Å². The van der Waals surface area contributed by atoms with E-state index in [-0.39, 0.29) is 12.1 Å². The lowest BCUT2D eigenvalue weighted by molar-refractivity contribution is -0.137. The van der Waals surface area contributed by atoms with Gasteiger partial charge in [-0.05, 0) is 37.1 Å². The summed E-state index contributed by atoms with van der Waals surface area (Å²) in [7, 11) is 0. The number of carbonyl (C=O) groups excluding carboxylic acids is 1. The Balaban J connectivity index is 1.84. The molecule has 0 saturated carbocycles. The third-order valence-corrected chi connectivity index (χ3v) is 4.20. The quantitative estimate of drug-likeness (QED) is 0.703. The smallest absolute Gasteiger partial charge is 0.418 e. The van der Waals surface area contributed by atoms with Crippen molar-refractivity contribution in [2.75, 3.05) is 5.32 Å². The molecule has 25 heavy (non-hydrogen) atoms. The van der Waals surface area contributed by atoms with E-state index in [0.29, 0.717) is 11.1 Å². The highest BCUT2D eigenvalue weighted by Crippen LogP contribution is 2.34. The van der Waals surface area contributed by atoms with Gasteiger partial charge in [-0.1, -0.05) is 24.3 Å². The standard InChI is InChI=1S/C19H16F3NO2/c1-11-7-8-14-13(10-25-18(14)12(11)2)9-17(24)23-16-6-4-3-5-15(16)19(20,21)22/h3-8,10H,9H2,1-2H3,(H,23,24). The number of amides is 1. The molecule has 0 spiro atoms. The summed E-state index contributed by atoms with van der Waals surface area (Å²) in [5.74, 6) is -0.530. The number of para-hydroxylation sites is 1. The molecule has 3 nitrogen and oxygen atoms in total.